The first-order valence-corrected chi connectivity index (χ1v) is 10.4. The largest absolute Gasteiger partial charge is 0.324 e. The van der Waals surface area contributed by atoms with E-state index < -0.39 is 0 Å². The van der Waals surface area contributed by atoms with Crippen molar-refractivity contribution in [2.75, 3.05) is 0 Å². The minimum atomic E-state index is -0.244. The summed E-state index contributed by atoms with van der Waals surface area (Å²) in [6.45, 7) is 2.08. The molecule has 0 unspecified atom stereocenters. The number of amides is 1. The summed E-state index contributed by atoms with van der Waals surface area (Å²) < 4.78 is 1.95. The summed E-state index contributed by atoms with van der Waals surface area (Å²) in [6, 6.07) is 27.8. The molecule has 4 nitrogen and oxygen atoms in total. The lowest BCUT2D eigenvalue weighted by atomic mass is 10.2. The van der Waals surface area contributed by atoms with Gasteiger partial charge in [0.1, 0.15) is 0 Å². The molecule has 5 heteroatoms. The second-order valence-electron chi connectivity index (χ2n) is 6.82. The van der Waals surface area contributed by atoms with Gasteiger partial charge < -0.3 is 4.57 Å². The summed E-state index contributed by atoms with van der Waals surface area (Å²) in [6.07, 6.45) is 5.53. The maximum atomic E-state index is 12.4. The molecule has 4 rings (SSSR count). The number of benzene rings is 3. The van der Waals surface area contributed by atoms with Gasteiger partial charge in [-0.1, -0.05) is 47.7 Å². The quantitative estimate of drug-likeness (QED) is 0.327. The number of carbonyl (C=O) groups excluding carboxylic acids is 1. The zero-order valence-electron chi connectivity index (χ0n) is 16.5. The third-order valence-electron chi connectivity index (χ3n) is 4.53. The fraction of sp³-hybridized carbons (Fsp3) is 0.0400. The number of aromatic nitrogens is 1. The lowest BCUT2D eigenvalue weighted by Gasteiger charge is -2.05. The van der Waals surface area contributed by atoms with E-state index in [4.69, 9.17) is 0 Å². The Bertz CT molecular complexity index is 1150. The third-order valence-corrected chi connectivity index (χ3v) is 5.54. The van der Waals surface area contributed by atoms with Gasteiger partial charge in [0.15, 0.2) is 0 Å². The highest BCUT2D eigenvalue weighted by molar-refractivity contribution is 7.99. The molecule has 0 saturated heterocycles. The number of hydrazone groups is 1. The zero-order valence-corrected chi connectivity index (χ0v) is 17.3. The van der Waals surface area contributed by atoms with E-state index in [0.717, 1.165) is 16.1 Å². The van der Waals surface area contributed by atoms with Crippen LogP contribution in [0, 0.1) is 6.92 Å². The Balaban J connectivity index is 1.35. The molecule has 3 aromatic carbocycles. The molecule has 1 N–H and O–H groups in total. The molecule has 1 aromatic heterocycles. The first-order chi connectivity index (χ1) is 14.7. The maximum absolute atomic E-state index is 12.4. The summed E-state index contributed by atoms with van der Waals surface area (Å²) >= 11 is 1.71. The van der Waals surface area contributed by atoms with E-state index in [1.807, 2.05) is 71.6 Å². The lowest BCUT2D eigenvalue weighted by Crippen LogP contribution is -2.17. The van der Waals surface area contributed by atoms with E-state index >= 15 is 0 Å². The monoisotopic (exact) mass is 411 g/mol. The van der Waals surface area contributed by atoms with Crippen molar-refractivity contribution >= 4 is 23.9 Å². The van der Waals surface area contributed by atoms with E-state index in [1.165, 1.54) is 10.5 Å². The molecular weight excluding hydrogens is 390 g/mol. The molecule has 0 radical (unpaired) electrons. The Morgan fingerprint density at radius 1 is 0.900 bits per heavy atom. The average molecular weight is 412 g/mol. The molecule has 0 spiro atoms. The highest BCUT2D eigenvalue weighted by Crippen LogP contribution is 2.27. The van der Waals surface area contributed by atoms with Crippen molar-refractivity contribution in [3.05, 3.63) is 114 Å². The molecule has 0 aliphatic rings. The van der Waals surface area contributed by atoms with E-state index in [2.05, 4.69) is 41.7 Å². The van der Waals surface area contributed by atoms with Gasteiger partial charge in [-0.25, -0.2) is 5.43 Å². The van der Waals surface area contributed by atoms with Crippen molar-refractivity contribution in [3.63, 3.8) is 0 Å². The average Bonchev–Trinajstić information content (AvgIpc) is 3.32. The predicted molar refractivity (Wildman–Crippen MR) is 123 cm³/mol. The number of nitrogens with one attached hydrogen (secondary N) is 1. The van der Waals surface area contributed by atoms with Crippen molar-refractivity contribution in [3.8, 4) is 5.69 Å². The Hall–Kier alpha value is -3.57. The number of carbonyl (C=O) groups is 1. The zero-order chi connectivity index (χ0) is 20.8. The summed E-state index contributed by atoms with van der Waals surface area (Å²) in [4.78, 5) is 14.8. The maximum Gasteiger partial charge on any atom is 0.271 e. The van der Waals surface area contributed by atoms with Crippen molar-refractivity contribution in [1.82, 2.24) is 9.99 Å². The standard InChI is InChI=1S/C25H21N3OS/c1-19-7-11-23(12-8-19)30-24-13-9-20(10-14-24)18-26-27-25(29)21-5-4-6-22(17-21)28-15-2-3-16-28/h2-18H,1H3,(H,27,29)/b26-18+. The van der Waals surface area contributed by atoms with Crippen LogP contribution >= 0.6 is 11.8 Å². The predicted octanol–water partition coefficient (Wildman–Crippen LogP) is 5.70. The fourth-order valence-corrected chi connectivity index (χ4v) is 3.73. The van der Waals surface area contributed by atoms with Crippen LogP contribution in [0.2, 0.25) is 0 Å². The highest BCUT2D eigenvalue weighted by Gasteiger charge is 2.05. The summed E-state index contributed by atoms with van der Waals surface area (Å²) in [5, 5.41) is 4.10. The first kappa shape index (κ1) is 19.7. The molecule has 30 heavy (non-hydrogen) atoms. The van der Waals surface area contributed by atoms with Gasteiger partial charge in [-0.3, -0.25) is 4.79 Å². The van der Waals surface area contributed by atoms with E-state index in [-0.39, 0.29) is 5.91 Å². The minimum Gasteiger partial charge on any atom is -0.324 e. The number of hydrogen-bond donors (Lipinski definition) is 1. The molecule has 1 heterocycles. The van der Waals surface area contributed by atoms with Gasteiger partial charge in [0, 0.05) is 33.4 Å². The molecule has 0 saturated carbocycles. The van der Waals surface area contributed by atoms with Crippen LogP contribution in [0.3, 0.4) is 0 Å². The first-order valence-electron chi connectivity index (χ1n) is 9.59. The van der Waals surface area contributed by atoms with Crippen LogP contribution in [0.4, 0.5) is 0 Å². The SMILES string of the molecule is Cc1ccc(Sc2ccc(/C=N/NC(=O)c3cccc(-n4cccc4)c3)cc2)cc1. The Kier molecular flexibility index (Phi) is 6.11. The second-order valence-corrected chi connectivity index (χ2v) is 7.97. The molecule has 0 fully saturated rings. The van der Waals surface area contributed by atoms with Gasteiger partial charge in [-0.2, -0.15) is 5.10 Å². The van der Waals surface area contributed by atoms with Crippen molar-refractivity contribution in [2.45, 2.75) is 16.7 Å². The normalized spacial score (nSPS) is 11.0. The van der Waals surface area contributed by atoms with Crippen molar-refractivity contribution < 1.29 is 4.79 Å². The Labute approximate surface area is 180 Å². The van der Waals surface area contributed by atoms with Gasteiger partial charge >= 0.3 is 0 Å². The van der Waals surface area contributed by atoms with Crippen LogP contribution < -0.4 is 5.43 Å². The minimum absolute atomic E-state index is 0.244. The van der Waals surface area contributed by atoms with Crippen LogP contribution in [0.15, 0.2) is 112 Å². The molecule has 1 amide bonds. The molecule has 0 atom stereocenters. The third kappa shape index (κ3) is 5.07. The topological polar surface area (TPSA) is 46.4 Å². The molecule has 148 valence electrons. The molecular formula is C25H21N3OS. The molecule has 0 bridgehead atoms. The van der Waals surface area contributed by atoms with Gasteiger partial charge in [0.25, 0.3) is 5.91 Å². The van der Waals surface area contributed by atoms with E-state index in [0.29, 0.717) is 5.56 Å². The van der Waals surface area contributed by atoms with Gasteiger partial charge in [0.05, 0.1) is 6.21 Å². The summed E-state index contributed by atoms with van der Waals surface area (Å²) in [7, 11) is 0. The number of aryl methyl sites for hydroxylation is 1. The van der Waals surface area contributed by atoms with Crippen LogP contribution in [-0.4, -0.2) is 16.7 Å². The summed E-state index contributed by atoms with van der Waals surface area (Å²) in [5.41, 5.74) is 6.26. The Morgan fingerprint density at radius 3 is 2.27 bits per heavy atom. The van der Waals surface area contributed by atoms with Crippen LogP contribution in [-0.2, 0) is 0 Å². The Morgan fingerprint density at radius 2 is 1.57 bits per heavy atom. The summed E-state index contributed by atoms with van der Waals surface area (Å²) in [5.74, 6) is -0.244. The smallest absolute Gasteiger partial charge is 0.271 e. The fourth-order valence-electron chi connectivity index (χ4n) is 2.91. The van der Waals surface area contributed by atoms with Crippen LogP contribution in [0.5, 0.6) is 0 Å². The van der Waals surface area contributed by atoms with E-state index in [9.17, 15) is 4.79 Å². The number of rotatable bonds is 6. The molecule has 4 aromatic rings. The highest BCUT2D eigenvalue weighted by atomic mass is 32.2. The number of nitrogens with zero attached hydrogens (tertiary/aromatic N) is 2. The van der Waals surface area contributed by atoms with Gasteiger partial charge in [0.2, 0.25) is 0 Å². The van der Waals surface area contributed by atoms with Crippen molar-refractivity contribution in [2.24, 2.45) is 5.10 Å². The lowest BCUT2D eigenvalue weighted by molar-refractivity contribution is 0.0955. The second kappa shape index (κ2) is 9.29. The molecule has 0 aliphatic heterocycles. The van der Waals surface area contributed by atoms with Gasteiger partial charge in [-0.15, -0.1) is 0 Å². The van der Waals surface area contributed by atoms with Crippen molar-refractivity contribution in [1.29, 1.82) is 0 Å². The van der Waals surface area contributed by atoms with Crippen LogP contribution in [0.25, 0.3) is 5.69 Å². The van der Waals surface area contributed by atoms with Crippen LogP contribution in [0.1, 0.15) is 21.5 Å². The number of hydrogen-bond acceptors (Lipinski definition) is 3. The molecule has 0 aliphatic carbocycles. The van der Waals surface area contributed by atoms with Gasteiger partial charge in [-0.05, 0) is 67.1 Å². The van der Waals surface area contributed by atoms with E-state index in [1.54, 1.807) is 24.0 Å².